The maximum Gasteiger partial charge on any atom is 0.231 e. The van der Waals surface area contributed by atoms with Crippen molar-refractivity contribution in [2.45, 2.75) is 97.4 Å². The van der Waals surface area contributed by atoms with Gasteiger partial charge in [0, 0.05) is 23.7 Å². The zero-order valence-electron chi connectivity index (χ0n) is 17.6. The number of hydroxylamine groups is 2. The van der Waals surface area contributed by atoms with Crippen molar-refractivity contribution in [3.8, 4) is 0 Å². The smallest absolute Gasteiger partial charge is 0.231 e. The molecule has 1 saturated heterocycles. The van der Waals surface area contributed by atoms with Crippen molar-refractivity contribution < 1.29 is 4.84 Å². The lowest BCUT2D eigenvalue weighted by Crippen LogP contribution is -2.64. The van der Waals surface area contributed by atoms with Crippen molar-refractivity contribution in [1.29, 1.82) is 0 Å². The van der Waals surface area contributed by atoms with Gasteiger partial charge in [-0.25, -0.2) is 0 Å². The Morgan fingerprint density at radius 2 is 1.59 bits per heavy atom. The zero-order chi connectivity index (χ0) is 20.4. The predicted molar refractivity (Wildman–Crippen MR) is 111 cm³/mol. The summed E-state index contributed by atoms with van der Waals surface area (Å²) in [5.74, 6) is 0.559. The van der Waals surface area contributed by atoms with Crippen LogP contribution in [-0.2, 0) is 4.84 Å². The molecule has 0 unspecified atom stereocenters. The van der Waals surface area contributed by atoms with Gasteiger partial charge in [-0.1, -0.05) is 13.3 Å². The fraction of sp³-hybridized carbons (Fsp3) is 0.842. The fourth-order valence-electron chi connectivity index (χ4n) is 4.15. The van der Waals surface area contributed by atoms with E-state index in [2.05, 4.69) is 73.4 Å². The van der Waals surface area contributed by atoms with E-state index < -0.39 is 0 Å². The molecule has 0 N–H and O–H groups in total. The molecule has 0 amide bonds. The lowest BCUT2D eigenvalue weighted by atomic mass is 9.78. The van der Waals surface area contributed by atoms with Crippen LogP contribution in [0.1, 0.15) is 74.1 Å². The number of hydrogen-bond acceptors (Lipinski definition) is 6. The highest BCUT2D eigenvalue weighted by Crippen LogP contribution is 2.41. The van der Waals surface area contributed by atoms with Crippen LogP contribution in [0.2, 0.25) is 10.6 Å². The molecule has 1 aliphatic rings. The van der Waals surface area contributed by atoms with Crippen LogP contribution in [0.3, 0.4) is 0 Å². The third-order valence-electron chi connectivity index (χ3n) is 4.91. The highest BCUT2D eigenvalue weighted by atomic mass is 35.5. The van der Waals surface area contributed by atoms with Crippen LogP contribution in [0.15, 0.2) is 0 Å². The van der Waals surface area contributed by atoms with Gasteiger partial charge >= 0.3 is 0 Å². The normalized spacial score (nSPS) is 20.2. The summed E-state index contributed by atoms with van der Waals surface area (Å²) in [6, 6.07) is 0.253. The second-order valence-electron chi connectivity index (χ2n) is 8.86. The number of anilines is 1. The highest BCUT2D eigenvalue weighted by Gasteiger charge is 2.48. The van der Waals surface area contributed by atoms with Crippen molar-refractivity contribution in [2.24, 2.45) is 0 Å². The molecule has 0 spiro atoms. The maximum atomic E-state index is 6.21. The van der Waals surface area contributed by atoms with Gasteiger partial charge in [-0.3, -0.25) is 4.84 Å². The van der Waals surface area contributed by atoms with E-state index in [1.807, 2.05) is 0 Å². The third kappa shape index (κ3) is 5.66. The van der Waals surface area contributed by atoms with Crippen molar-refractivity contribution in [3.05, 3.63) is 10.6 Å². The summed E-state index contributed by atoms with van der Waals surface area (Å²) >= 11 is 12.1. The molecule has 0 aliphatic carbocycles. The molecular weight excluding hydrogens is 385 g/mol. The maximum absolute atomic E-state index is 6.21. The molecule has 1 aromatic heterocycles. The molecule has 0 radical (unpaired) electrons. The third-order valence-corrected chi connectivity index (χ3v) is 5.24. The van der Waals surface area contributed by atoms with E-state index in [0.717, 1.165) is 32.2 Å². The van der Waals surface area contributed by atoms with E-state index in [-0.39, 0.29) is 33.8 Å². The van der Waals surface area contributed by atoms with Crippen LogP contribution in [-0.4, -0.2) is 49.8 Å². The van der Waals surface area contributed by atoms with Crippen LogP contribution in [0, 0.1) is 0 Å². The number of hydrogen-bond donors (Lipinski definition) is 0. The molecule has 1 aromatic rings. The Morgan fingerprint density at radius 1 is 1.07 bits per heavy atom. The average Bonchev–Trinajstić information content (AvgIpc) is 2.49. The van der Waals surface area contributed by atoms with Crippen molar-refractivity contribution >= 4 is 29.2 Å². The molecule has 1 aliphatic heterocycles. The highest BCUT2D eigenvalue weighted by molar-refractivity contribution is 6.31. The minimum atomic E-state index is -0.137. The monoisotopic (exact) mass is 417 g/mol. The average molecular weight is 418 g/mol. The molecule has 0 bridgehead atoms. The Balaban J connectivity index is 2.36. The van der Waals surface area contributed by atoms with Crippen LogP contribution < -0.4 is 4.90 Å². The Morgan fingerprint density at radius 3 is 2.04 bits per heavy atom. The number of rotatable bonds is 7. The number of unbranched alkanes of at least 4 members (excludes halogenated alkanes) is 1. The summed E-state index contributed by atoms with van der Waals surface area (Å²) in [5.41, 5.74) is -0.274. The van der Waals surface area contributed by atoms with Crippen LogP contribution in [0.5, 0.6) is 0 Å². The minimum Gasteiger partial charge on any atom is -0.338 e. The van der Waals surface area contributed by atoms with Crippen LogP contribution in [0.25, 0.3) is 0 Å². The first-order valence-corrected chi connectivity index (χ1v) is 10.5. The second kappa shape index (κ2) is 8.76. The van der Waals surface area contributed by atoms with Crippen molar-refractivity contribution in [3.63, 3.8) is 0 Å². The molecule has 0 aromatic carbocycles. The van der Waals surface area contributed by atoms with Crippen LogP contribution in [0.4, 0.5) is 5.95 Å². The molecule has 0 atom stereocenters. The number of piperidine rings is 1. The molecule has 2 heterocycles. The van der Waals surface area contributed by atoms with E-state index in [1.165, 1.54) is 0 Å². The van der Waals surface area contributed by atoms with Gasteiger partial charge in [0.05, 0.1) is 6.10 Å². The minimum absolute atomic E-state index is 0.130. The lowest BCUT2D eigenvalue weighted by molar-refractivity contribution is -0.300. The molecule has 2 rings (SSSR count). The van der Waals surface area contributed by atoms with E-state index >= 15 is 0 Å². The SMILES string of the molecule is CCCCN(c1nc(Cl)nc(Cl)n1)C1CC(C)(C)N(OC(C)C)C(C)(C)C1. The summed E-state index contributed by atoms with van der Waals surface area (Å²) in [6.07, 6.45) is 4.12. The summed E-state index contributed by atoms with van der Waals surface area (Å²) in [7, 11) is 0. The van der Waals surface area contributed by atoms with Crippen LogP contribution >= 0.6 is 23.2 Å². The number of halogens is 2. The molecule has 27 heavy (non-hydrogen) atoms. The Hall–Kier alpha value is -0.690. The largest absolute Gasteiger partial charge is 0.338 e. The second-order valence-corrected chi connectivity index (χ2v) is 9.53. The predicted octanol–water partition coefficient (Wildman–Crippen LogP) is 5.15. The first kappa shape index (κ1) is 22.6. The molecule has 1 fully saturated rings. The molecule has 6 nitrogen and oxygen atoms in total. The number of aromatic nitrogens is 3. The lowest BCUT2D eigenvalue weighted by Gasteiger charge is -2.56. The number of nitrogens with zero attached hydrogens (tertiary/aromatic N) is 5. The van der Waals surface area contributed by atoms with Gasteiger partial charge in [0.25, 0.3) is 0 Å². The Labute approximate surface area is 173 Å². The quantitative estimate of drug-likeness (QED) is 0.611. The molecular formula is C19H33Cl2N5O. The van der Waals surface area contributed by atoms with E-state index in [1.54, 1.807) is 0 Å². The first-order valence-electron chi connectivity index (χ1n) is 9.77. The van der Waals surface area contributed by atoms with Gasteiger partial charge in [-0.2, -0.15) is 20.0 Å². The fourth-order valence-corrected chi connectivity index (χ4v) is 4.50. The molecule has 0 saturated carbocycles. The topological polar surface area (TPSA) is 54.4 Å². The van der Waals surface area contributed by atoms with Gasteiger partial charge in [0.1, 0.15) is 0 Å². The Kier molecular flexibility index (Phi) is 7.34. The first-order chi connectivity index (χ1) is 12.5. The summed E-state index contributed by atoms with van der Waals surface area (Å²) in [4.78, 5) is 21.1. The summed E-state index contributed by atoms with van der Waals surface area (Å²) in [5, 5.41) is 2.43. The molecule has 8 heteroatoms. The van der Waals surface area contributed by atoms with E-state index in [4.69, 9.17) is 28.0 Å². The van der Waals surface area contributed by atoms with Gasteiger partial charge in [-0.05, 0) is 84.0 Å². The van der Waals surface area contributed by atoms with E-state index in [0.29, 0.717) is 5.95 Å². The summed E-state index contributed by atoms with van der Waals surface area (Å²) < 4.78 is 0. The van der Waals surface area contributed by atoms with Gasteiger partial charge in [-0.15, -0.1) is 0 Å². The molecule has 154 valence electrons. The zero-order valence-corrected chi connectivity index (χ0v) is 19.1. The van der Waals surface area contributed by atoms with Crippen molar-refractivity contribution in [2.75, 3.05) is 11.4 Å². The van der Waals surface area contributed by atoms with Gasteiger partial charge in [0.2, 0.25) is 16.5 Å². The van der Waals surface area contributed by atoms with E-state index in [9.17, 15) is 0 Å². The standard InChI is InChI=1S/C19H33Cl2N5O/c1-8-9-10-25(17-23-15(20)22-16(21)24-17)14-11-18(4,5)26(27-13(2)3)19(6,7)12-14/h13-14H,8-12H2,1-7H3. The van der Waals surface area contributed by atoms with Gasteiger partial charge in [0.15, 0.2) is 0 Å². The summed E-state index contributed by atoms with van der Waals surface area (Å²) in [6.45, 7) is 16.1. The Bertz CT molecular complexity index is 600. The van der Waals surface area contributed by atoms with Crippen molar-refractivity contribution in [1.82, 2.24) is 20.0 Å². The van der Waals surface area contributed by atoms with Gasteiger partial charge < -0.3 is 4.90 Å².